The van der Waals surface area contributed by atoms with E-state index in [1.807, 2.05) is 20.8 Å². The van der Waals surface area contributed by atoms with Crippen LogP contribution >= 0.6 is 0 Å². The third-order valence-corrected chi connectivity index (χ3v) is 11.7. The van der Waals surface area contributed by atoms with E-state index < -0.39 is 17.1 Å². The smallest absolute Gasteiger partial charge is 0.312 e. The number of ether oxygens (including phenoxy) is 3. The Morgan fingerprint density at radius 2 is 1.83 bits per heavy atom. The highest BCUT2D eigenvalue weighted by Gasteiger charge is 2.68. The molecule has 7 aliphatic rings. The van der Waals surface area contributed by atoms with Gasteiger partial charge in [-0.15, -0.1) is 0 Å². The summed E-state index contributed by atoms with van der Waals surface area (Å²) in [7, 11) is 0. The molecule has 6 nitrogen and oxygen atoms in total. The van der Waals surface area contributed by atoms with Crippen molar-refractivity contribution >= 4 is 17.9 Å². The van der Waals surface area contributed by atoms with Gasteiger partial charge in [0.25, 0.3) is 5.79 Å². The fraction of sp³-hybridized carbons (Fsp3) is 0.897. The molecule has 1 aliphatic heterocycles. The van der Waals surface area contributed by atoms with Gasteiger partial charge in [-0.2, -0.15) is 0 Å². The lowest BCUT2D eigenvalue weighted by atomic mass is 9.70. The molecule has 0 amide bonds. The van der Waals surface area contributed by atoms with Gasteiger partial charge in [0.1, 0.15) is 6.10 Å². The highest BCUT2D eigenvalue weighted by molar-refractivity contribution is 5.80. The van der Waals surface area contributed by atoms with E-state index in [-0.39, 0.29) is 35.8 Å². The maximum atomic E-state index is 13.4. The predicted molar refractivity (Wildman–Crippen MR) is 125 cm³/mol. The first-order valence-corrected chi connectivity index (χ1v) is 14.4. The molecule has 7 rings (SSSR count). The first kappa shape index (κ1) is 22.6. The second-order valence-corrected chi connectivity index (χ2v) is 13.9. The molecular weight excluding hydrogens is 444 g/mol. The highest BCUT2D eigenvalue weighted by Crippen LogP contribution is 2.68. The van der Waals surface area contributed by atoms with Crippen molar-refractivity contribution in [3.63, 3.8) is 0 Å². The summed E-state index contributed by atoms with van der Waals surface area (Å²) in [4.78, 5) is 39.0. The Bertz CT molecular complexity index is 957. The van der Waals surface area contributed by atoms with E-state index in [1.54, 1.807) is 0 Å². The van der Waals surface area contributed by atoms with E-state index in [0.717, 1.165) is 48.9 Å². The molecular formula is C29H40O6. The zero-order valence-corrected chi connectivity index (χ0v) is 21.4. The average Bonchev–Trinajstić information content (AvgIpc) is 3.63. The van der Waals surface area contributed by atoms with Crippen LogP contribution in [0.15, 0.2) is 0 Å². The number of carbonyl (C=O) groups is 3. The van der Waals surface area contributed by atoms with Gasteiger partial charge in [0, 0.05) is 6.42 Å². The monoisotopic (exact) mass is 484 g/mol. The summed E-state index contributed by atoms with van der Waals surface area (Å²) in [5.41, 5.74) is -0.767. The number of fused-ring (bicyclic) bond motifs is 10. The van der Waals surface area contributed by atoms with Gasteiger partial charge in [0.2, 0.25) is 0 Å². The minimum atomic E-state index is -1.06. The van der Waals surface area contributed by atoms with E-state index in [0.29, 0.717) is 31.1 Å². The van der Waals surface area contributed by atoms with Crippen LogP contribution in [0.4, 0.5) is 0 Å². The van der Waals surface area contributed by atoms with Crippen LogP contribution in [-0.2, 0) is 28.6 Å². The molecule has 7 fully saturated rings. The summed E-state index contributed by atoms with van der Waals surface area (Å²) in [5, 5.41) is 0. The molecule has 0 N–H and O–H groups in total. The van der Waals surface area contributed by atoms with E-state index in [4.69, 9.17) is 14.2 Å². The normalized spacial score (nSPS) is 48.8. The van der Waals surface area contributed by atoms with Crippen LogP contribution in [0.2, 0.25) is 0 Å². The van der Waals surface area contributed by atoms with Crippen molar-refractivity contribution in [1.82, 2.24) is 0 Å². The van der Waals surface area contributed by atoms with Crippen LogP contribution in [0.3, 0.4) is 0 Å². The van der Waals surface area contributed by atoms with Crippen molar-refractivity contribution in [2.24, 2.45) is 64.6 Å². The van der Waals surface area contributed by atoms with Crippen molar-refractivity contribution < 1.29 is 28.6 Å². The van der Waals surface area contributed by atoms with Gasteiger partial charge in [-0.05, 0) is 113 Å². The van der Waals surface area contributed by atoms with Gasteiger partial charge < -0.3 is 14.2 Å². The molecule has 6 bridgehead atoms. The molecule has 0 aromatic heterocycles. The SMILES string of the molecule is CCC(CC(C)(C)C(=O)OC1CC2CC1C1C3CCC(C3)C21)C(=O)OC12CC3CC(C(=O)O1)C2C3. The van der Waals surface area contributed by atoms with E-state index in [1.165, 1.54) is 25.7 Å². The topological polar surface area (TPSA) is 78.9 Å². The Labute approximate surface area is 208 Å². The van der Waals surface area contributed by atoms with Crippen molar-refractivity contribution in [3.05, 3.63) is 0 Å². The molecule has 1 heterocycles. The second kappa shape index (κ2) is 7.47. The predicted octanol–water partition coefficient (Wildman–Crippen LogP) is 4.89. The molecule has 1 saturated heterocycles. The van der Waals surface area contributed by atoms with Crippen molar-refractivity contribution in [3.8, 4) is 0 Å². The van der Waals surface area contributed by atoms with Gasteiger partial charge >= 0.3 is 17.9 Å². The molecule has 6 aliphatic carbocycles. The van der Waals surface area contributed by atoms with E-state index in [9.17, 15) is 14.4 Å². The first-order chi connectivity index (χ1) is 16.7. The third-order valence-electron chi connectivity index (χ3n) is 11.7. The summed E-state index contributed by atoms with van der Waals surface area (Å²) < 4.78 is 17.9. The lowest BCUT2D eigenvalue weighted by molar-refractivity contribution is -0.226. The van der Waals surface area contributed by atoms with Gasteiger partial charge in [0.05, 0.1) is 23.2 Å². The lowest BCUT2D eigenvalue weighted by Gasteiger charge is -2.39. The standard InChI is InChI=1S/C29H40O6/c1-4-15(25(30)34-29-12-14-7-19(21(29)8-14)26(31)35-29)13-28(2,3)27(32)33-22-11-18-10-20(22)24-17-6-5-16(9-17)23(18)24/h14-24H,4-13H2,1-3H3. The van der Waals surface area contributed by atoms with Crippen LogP contribution in [0.5, 0.6) is 0 Å². The molecule has 0 radical (unpaired) electrons. The molecule has 6 heteroatoms. The van der Waals surface area contributed by atoms with Gasteiger partial charge in [0.15, 0.2) is 0 Å². The first-order valence-electron chi connectivity index (χ1n) is 14.4. The molecule has 0 aromatic carbocycles. The van der Waals surface area contributed by atoms with Crippen molar-refractivity contribution in [2.45, 2.75) is 96.9 Å². The average molecular weight is 485 g/mol. The minimum absolute atomic E-state index is 0.00639. The second-order valence-electron chi connectivity index (χ2n) is 13.9. The van der Waals surface area contributed by atoms with E-state index >= 15 is 0 Å². The number of rotatable bonds is 7. The third kappa shape index (κ3) is 3.16. The summed E-state index contributed by atoms with van der Waals surface area (Å²) in [6.07, 6.45) is 9.92. The minimum Gasteiger partial charge on any atom is -0.462 e. The molecule has 35 heavy (non-hydrogen) atoms. The number of hydrogen-bond acceptors (Lipinski definition) is 6. The molecule has 192 valence electrons. The number of hydrogen-bond donors (Lipinski definition) is 0. The van der Waals surface area contributed by atoms with Crippen LogP contribution in [0.1, 0.15) is 85.0 Å². The molecule has 0 spiro atoms. The molecule has 12 atom stereocenters. The Kier molecular flexibility index (Phi) is 4.82. The zero-order chi connectivity index (χ0) is 24.3. The fourth-order valence-corrected chi connectivity index (χ4v) is 10.4. The Morgan fingerprint density at radius 1 is 1.06 bits per heavy atom. The number of esters is 3. The summed E-state index contributed by atoms with van der Waals surface area (Å²) >= 11 is 0. The molecule has 12 unspecified atom stereocenters. The Hall–Kier alpha value is -1.59. The highest BCUT2D eigenvalue weighted by atomic mass is 16.7. The number of carbonyl (C=O) groups excluding carboxylic acids is 3. The summed E-state index contributed by atoms with van der Waals surface area (Å²) in [6.45, 7) is 5.76. The van der Waals surface area contributed by atoms with Crippen molar-refractivity contribution in [2.75, 3.05) is 0 Å². The zero-order valence-electron chi connectivity index (χ0n) is 21.4. The largest absolute Gasteiger partial charge is 0.462 e. The summed E-state index contributed by atoms with van der Waals surface area (Å²) in [5.74, 6) is 2.90. The fourth-order valence-electron chi connectivity index (χ4n) is 10.4. The lowest BCUT2D eigenvalue weighted by Crippen LogP contribution is -2.43. The Balaban J connectivity index is 0.990. The van der Waals surface area contributed by atoms with Crippen LogP contribution in [0.25, 0.3) is 0 Å². The Morgan fingerprint density at radius 3 is 2.57 bits per heavy atom. The van der Waals surface area contributed by atoms with Crippen LogP contribution in [0, 0.1) is 64.6 Å². The van der Waals surface area contributed by atoms with Gasteiger partial charge in [-0.1, -0.05) is 6.92 Å². The summed E-state index contributed by atoms with van der Waals surface area (Å²) in [6, 6.07) is 0. The van der Waals surface area contributed by atoms with Crippen molar-refractivity contribution in [1.29, 1.82) is 0 Å². The van der Waals surface area contributed by atoms with E-state index in [2.05, 4.69) is 0 Å². The quantitative estimate of drug-likeness (QED) is 0.378. The van der Waals surface area contributed by atoms with Gasteiger partial charge in [-0.3, -0.25) is 14.4 Å². The van der Waals surface area contributed by atoms with Crippen LogP contribution < -0.4 is 0 Å². The maximum Gasteiger partial charge on any atom is 0.312 e. The van der Waals surface area contributed by atoms with Gasteiger partial charge in [-0.25, -0.2) is 0 Å². The molecule has 0 aromatic rings. The maximum absolute atomic E-state index is 13.4. The van der Waals surface area contributed by atoms with Crippen LogP contribution in [-0.4, -0.2) is 29.8 Å². The molecule has 6 saturated carbocycles.